The van der Waals surface area contributed by atoms with Crippen molar-refractivity contribution in [2.24, 2.45) is 11.7 Å². The third kappa shape index (κ3) is 5.02. The van der Waals surface area contributed by atoms with Crippen LogP contribution in [0.15, 0.2) is 18.2 Å². The molecule has 0 amide bonds. The Kier molecular flexibility index (Phi) is 6.35. The van der Waals surface area contributed by atoms with E-state index in [2.05, 4.69) is 11.8 Å². The van der Waals surface area contributed by atoms with Crippen molar-refractivity contribution in [3.05, 3.63) is 34.3 Å². The van der Waals surface area contributed by atoms with Crippen LogP contribution in [0.2, 0.25) is 5.02 Å². The molecule has 2 unspecified atom stereocenters. The van der Waals surface area contributed by atoms with Gasteiger partial charge in [0, 0.05) is 24.2 Å². The Hall–Kier alpha value is -0.490. The van der Waals surface area contributed by atoms with Gasteiger partial charge in [-0.25, -0.2) is 0 Å². The van der Waals surface area contributed by atoms with Crippen molar-refractivity contribution >= 4 is 24.0 Å². The SMILES string of the molecule is CC1CN(Cc2cc(Cl)cc(C(F)(F)F)c2)CCC1N.Cl. The van der Waals surface area contributed by atoms with Gasteiger partial charge in [-0.2, -0.15) is 13.2 Å². The van der Waals surface area contributed by atoms with Crippen LogP contribution in [0.25, 0.3) is 0 Å². The molecule has 2 rings (SSSR count). The minimum Gasteiger partial charge on any atom is -0.327 e. The van der Waals surface area contributed by atoms with Crippen molar-refractivity contribution in [2.45, 2.75) is 32.1 Å². The fourth-order valence-electron chi connectivity index (χ4n) is 2.56. The summed E-state index contributed by atoms with van der Waals surface area (Å²) in [5, 5.41) is 0.122. The minimum atomic E-state index is -4.36. The molecule has 1 aromatic rings. The number of hydrogen-bond acceptors (Lipinski definition) is 2. The van der Waals surface area contributed by atoms with Crippen molar-refractivity contribution < 1.29 is 13.2 Å². The Labute approximate surface area is 133 Å². The summed E-state index contributed by atoms with van der Waals surface area (Å²) in [4.78, 5) is 2.12. The van der Waals surface area contributed by atoms with Gasteiger partial charge in [0.15, 0.2) is 0 Å². The maximum atomic E-state index is 12.8. The predicted molar refractivity (Wildman–Crippen MR) is 80.7 cm³/mol. The number of nitrogens with two attached hydrogens (primary N) is 1. The first-order valence-electron chi connectivity index (χ1n) is 6.60. The Bertz CT molecular complexity index is 480. The number of rotatable bonds is 2. The van der Waals surface area contributed by atoms with Gasteiger partial charge in [-0.3, -0.25) is 4.90 Å². The molecule has 0 aliphatic carbocycles. The maximum absolute atomic E-state index is 12.8. The van der Waals surface area contributed by atoms with Crippen LogP contribution < -0.4 is 5.73 Å². The standard InChI is InChI=1S/C14H18ClF3N2.ClH/c1-9-7-20(3-2-13(9)19)8-10-4-11(14(16,17)18)6-12(15)5-10;/h4-6,9,13H,2-3,7-8,19H2,1H3;1H. The van der Waals surface area contributed by atoms with Gasteiger partial charge in [0.05, 0.1) is 5.56 Å². The van der Waals surface area contributed by atoms with Gasteiger partial charge in [-0.05, 0) is 42.6 Å². The normalized spacial score (nSPS) is 23.7. The molecule has 1 aliphatic heterocycles. The zero-order valence-corrected chi connectivity index (χ0v) is 13.2. The molecule has 1 saturated heterocycles. The molecule has 1 heterocycles. The number of piperidine rings is 1. The first kappa shape index (κ1) is 18.6. The Morgan fingerprint density at radius 3 is 2.57 bits per heavy atom. The molecule has 0 spiro atoms. The molecular formula is C14H19Cl2F3N2. The van der Waals surface area contributed by atoms with Gasteiger partial charge in [-0.1, -0.05) is 18.5 Å². The smallest absolute Gasteiger partial charge is 0.327 e. The zero-order valence-electron chi connectivity index (χ0n) is 11.7. The average molecular weight is 343 g/mol. The first-order valence-corrected chi connectivity index (χ1v) is 6.98. The summed E-state index contributed by atoms with van der Waals surface area (Å²) in [7, 11) is 0. The molecule has 2 atom stereocenters. The zero-order chi connectivity index (χ0) is 14.9. The third-order valence-corrected chi connectivity index (χ3v) is 3.97. The highest BCUT2D eigenvalue weighted by Crippen LogP contribution is 2.32. The monoisotopic (exact) mass is 342 g/mol. The van der Waals surface area contributed by atoms with Crippen LogP contribution in [-0.2, 0) is 12.7 Å². The van der Waals surface area contributed by atoms with Gasteiger partial charge in [-0.15, -0.1) is 12.4 Å². The summed E-state index contributed by atoms with van der Waals surface area (Å²) in [6, 6.07) is 3.90. The molecule has 0 aromatic heterocycles. The maximum Gasteiger partial charge on any atom is 0.416 e. The van der Waals surface area contributed by atoms with E-state index in [1.165, 1.54) is 6.07 Å². The van der Waals surface area contributed by atoms with Crippen molar-refractivity contribution in [1.82, 2.24) is 4.90 Å². The second-order valence-corrected chi connectivity index (χ2v) is 5.95. The van der Waals surface area contributed by atoms with Gasteiger partial charge in [0.2, 0.25) is 0 Å². The summed E-state index contributed by atoms with van der Waals surface area (Å²) in [6.45, 7) is 4.14. The molecule has 2 nitrogen and oxygen atoms in total. The summed E-state index contributed by atoms with van der Waals surface area (Å²) in [6.07, 6.45) is -3.49. The van der Waals surface area contributed by atoms with Crippen LogP contribution in [-0.4, -0.2) is 24.0 Å². The minimum absolute atomic E-state index is 0. The van der Waals surface area contributed by atoms with Crippen molar-refractivity contribution in [1.29, 1.82) is 0 Å². The molecule has 7 heteroatoms. The lowest BCUT2D eigenvalue weighted by atomic mass is 9.94. The van der Waals surface area contributed by atoms with E-state index in [0.29, 0.717) is 18.0 Å². The number of nitrogens with zero attached hydrogens (tertiary/aromatic N) is 1. The lowest BCUT2D eigenvalue weighted by Gasteiger charge is -2.35. The van der Waals surface area contributed by atoms with E-state index in [1.54, 1.807) is 6.07 Å². The van der Waals surface area contributed by atoms with Crippen LogP contribution >= 0.6 is 24.0 Å². The highest BCUT2D eigenvalue weighted by atomic mass is 35.5. The number of benzene rings is 1. The summed E-state index contributed by atoms with van der Waals surface area (Å²) in [5.41, 5.74) is 5.84. The van der Waals surface area contributed by atoms with Crippen LogP contribution in [0.5, 0.6) is 0 Å². The van der Waals surface area contributed by atoms with Gasteiger partial charge in [0.25, 0.3) is 0 Å². The number of likely N-dealkylation sites (tertiary alicyclic amines) is 1. The molecule has 2 N–H and O–H groups in total. The van der Waals surface area contributed by atoms with Crippen molar-refractivity contribution in [2.75, 3.05) is 13.1 Å². The van der Waals surface area contributed by atoms with E-state index in [1.807, 2.05) is 0 Å². The fraction of sp³-hybridized carbons (Fsp3) is 0.571. The third-order valence-electron chi connectivity index (χ3n) is 3.75. The lowest BCUT2D eigenvalue weighted by molar-refractivity contribution is -0.137. The number of hydrogen-bond donors (Lipinski definition) is 1. The molecule has 120 valence electrons. The first-order chi connectivity index (χ1) is 9.25. The van der Waals surface area contributed by atoms with Crippen LogP contribution in [0, 0.1) is 5.92 Å². The van der Waals surface area contributed by atoms with E-state index in [0.717, 1.165) is 25.6 Å². The Balaban J connectivity index is 0.00000220. The summed E-state index contributed by atoms with van der Waals surface area (Å²) in [5.74, 6) is 0.352. The number of alkyl halides is 3. The molecule has 0 bridgehead atoms. The van der Waals surface area contributed by atoms with E-state index >= 15 is 0 Å². The largest absolute Gasteiger partial charge is 0.416 e. The van der Waals surface area contributed by atoms with Crippen molar-refractivity contribution in [3.8, 4) is 0 Å². The second-order valence-electron chi connectivity index (χ2n) is 5.51. The lowest BCUT2D eigenvalue weighted by Crippen LogP contribution is -2.45. The quantitative estimate of drug-likeness (QED) is 0.881. The second kappa shape index (κ2) is 7.18. The highest BCUT2D eigenvalue weighted by molar-refractivity contribution is 6.30. The van der Waals surface area contributed by atoms with E-state index in [4.69, 9.17) is 17.3 Å². The van der Waals surface area contributed by atoms with Gasteiger partial charge >= 0.3 is 6.18 Å². The fourth-order valence-corrected chi connectivity index (χ4v) is 2.81. The number of halogens is 5. The molecular weight excluding hydrogens is 324 g/mol. The van der Waals surface area contributed by atoms with Crippen LogP contribution in [0.4, 0.5) is 13.2 Å². The van der Waals surface area contributed by atoms with Crippen LogP contribution in [0.3, 0.4) is 0 Å². The highest BCUT2D eigenvalue weighted by Gasteiger charge is 2.31. The molecule has 0 radical (unpaired) electrons. The molecule has 1 fully saturated rings. The molecule has 1 aromatic carbocycles. The van der Waals surface area contributed by atoms with Gasteiger partial charge in [0.1, 0.15) is 0 Å². The van der Waals surface area contributed by atoms with Crippen molar-refractivity contribution in [3.63, 3.8) is 0 Å². The summed E-state index contributed by atoms with van der Waals surface area (Å²) < 4.78 is 38.3. The summed E-state index contributed by atoms with van der Waals surface area (Å²) >= 11 is 5.79. The van der Waals surface area contributed by atoms with E-state index < -0.39 is 11.7 Å². The molecule has 21 heavy (non-hydrogen) atoms. The Morgan fingerprint density at radius 1 is 1.33 bits per heavy atom. The Morgan fingerprint density at radius 2 is 2.00 bits per heavy atom. The van der Waals surface area contributed by atoms with E-state index in [9.17, 15) is 13.2 Å². The van der Waals surface area contributed by atoms with Gasteiger partial charge < -0.3 is 5.73 Å². The van der Waals surface area contributed by atoms with Crippen LogP contribution in [0.1, 0.15) is 24.5 Å². The topological polar surface area (TPSA) is 29.3 Å². The average Bonchev–Trinajstić information content (AvgIpc) is 2.32. The predicted octanol–water partition coefficient (Wildman–Crippen LogP) is 3.95. The molecule has 1 aliphatic rings. The molecule has 0 saturated carbocycles. The van der Waals surface area contributed by atoms with E-state index in [-0.39, 0.29) is 23.5 Å².